The predicted octanol–water partition coefficient (Wildman–Crippen LogP) is 2.32. The van der Waals surface area contributed by atoms with Crippen molar-refractivity contribution in [1.82, 2.24) is 4.98 Å². The molecule has 1 aromatic rings. The third kappa shape index (κ3) is 3.56. The standard InChI is InChI=1S/C8H4F7NO3S/c9-4-1-5(10)6(16-2-4)7(11,12)3-19-20(17,18)8(13,14)15/h1-2H,3H2. The number of alkyl halides is 5. The number of hydrogen-bond acceptors (Lipinski definition) is 4. The van der Waals surface area contributed by atoms with Crippen LogP contribution in [-0.2, 0) is 20.2 Å². The summed E-state index contributed by atoms with van der Waals surface area (Å²) in [6, 6.07) is 0.00843. The minimum Gasteiger partial charge on any atom is -0.256 e. The molecule has 0 bridgehead atoms. The molecule has 0 fully saturated rings. The van der Waals surface area contributed by atoms with Crippen LogP contribution in [0.3, 0.4) is 0 Å². The number of nitrogens with zero attached hydrogens (tertiary/aromatic N) is 1. The van der Waals surface area contributed by atoms with Crippen molar-refractivity contribution in [2.24, 2.45) is 0 Å². The van der Waals surface area contributed by atoms with Gasteiger partial charge in [-0.2, -0.15) is 30.4 Å². The maximum absolute atomic E-state index is 13.3. The van der Waals surface area contributed by atoms with Gasteiger partial charge in [0.2, 0.25) is 0 Å². The van der Waals surface area contributed by atoms with Gasteiger partial charge in [0.1, 0.15) is 18.1 Å². The average molecular weight is 327 g/mol. The molecule has 0 N–H and O–H groups in total. The van der Waals surface area contributed by atoms with Crippen molar-refractivity contribution in [2.75, 3.05) is 6.61 Å². The topological polar surface area (TPSA) is 56.3 Å². The molecule has 1 aromatic heterocycles. The summed E-state index contributed by atoms with van der Waals surface area (Å²) in [5.41, 5.74) is -7.64. The number of rotatable bonds is 4. The summed E-state index contributed by atoms with van der Waals surface area (Å²) in [6.45, 7) is -2.33. The summed E-state index contributed by atoms with van der Waals surface area (Å²) in [6.07, 6.45) is 0.185. The van der Waals surface area contributed by atoms with Crippen LogP contribution in [0.4, 0.5) is 30.7 Å². The molecule has 12 heteroatoms. The van der Waals surface area contributed by atoms with Crippen LogP contribution in [0.15, 0.2) is 12.3 Å². The van der Waals surface area contributed by atoms with Gasteiger partial charge in [-0.05, 0) is 0 Å². The second-order valence-corrected chi connectivity index (χ2v) is 4.96. The van der Waals surface area contributed by atoms with Gasteiger partial charge in [0, 0.05) is 6.07 Å². The molecule has 0 unspecified atom stereocenters. The van der Waals surface area contributed by atoms with E-state index in [-0.39, 0.29) is 12.3 Å². The van der Waals surface area contributed by atoms with Crippen molar-refractivity contribution in [2.45, 2.75) is 11.4 Å². The van der Waals surface area contributed by atoms with E-state index in [1.54, 1.807) is 0 Å². The van der Waals surface area contributed by atoms with E-state index in [1.807, 2.05) is 0 Å². The quantitative estimate of drug-likeness (QED) is 0.484. The fraction of sp³-hybridized carbons (Fsp3) is 0.375. The fourth-order valence-electron chi connectivity index (χ4n) is 0.970. The minimum absolute atomic E-state index is 0.00843. The Morgan fingerprint density at radius 3 is 2.15 bits per heavy atom. The first-order valence-electron chi connectivity index (χ1n) is 4.52. The Hall–Kier alpha value is -1.43. The largest absolute Gasteiger partial charge is 0.523 e. The van der Waals surface area contributed by atoms with Gasteiger partial charge >= 0.3 is 21.5 Å². The van der Waals surface area contributed by atoms with E-state index in [9.17, 15) is 39.2 Å². The fourth-order valence-corrected chi connectivity index (χ4v) is 1.41. The zero-order valence-electron chi connectivity index (χ0n) is 9.09. The lowest BCUT2D eigenvalue weighted by Crippen LogP contribution is -2.32. The van der Waals surface area contributed by atoms with E-state index in [0.717, 1.165) is 0 Å². The molecular weight excluding hydrogens is 323 g/mol. The van der Waals surface area contributed by atoms with Gasteiger partial charge in [-0.3, -0.25) is 4.18 Å². The van der Waals surface area contributed by atoms with Crippen LogP contribution in [0.2, 0.25) is 0 Å². The van der Waals surface area contributed by atoms with Crippen LogP contribution in [0.1, 0.15) is 5.69 Å². The van der Waals surface area contributed by atoms with E-state index < -0.39 is 45.5 Å². The molecule has 0 atom stereocenters. The van der Waals surface area contributed by atoms with Gasteiger partial charge in [0.15, 0.2) is 5.82 Å². The molecule has 0 aliphatic rings. The number of hydrogen-bond donors (Lipinski definition) is 0. The van der Waals surface area contributed by atoms with Gasteiger partial charge in [0.05, 0.1) is 6.20 Å². The average Bonchev–Trinajstić information content (AvgIpc) is 2.24. The molecule has 1 rings (SSSR count). The molecule has 0 saturated carbocycles. The molecule has 20 heavy (non-hydrogen) atoms. The van der Waals surface area contributed by atoms with Crippen LogP contribution in [0, 0.1) is 11.6 Å². The van der Waals surface area contributed by atoms with Gasteiger partial charge in [-0.15, -0.1) is 0 Å². The lowest BCUT2D eigenvalue weighted by Gasteiger charge is -2.16. The molecule has 0 spiro atoms. The number of pyridine rings is 1. The smallest absolute Gasteiger partial charge is 0.256 e. The van der Waals surface area contributed by atoms with Crippen molar-refractivity contribution in [3.05, 3.63) is 29.6 Å². The molecular formula is C8H4F7NO3S. The van der Waals surface area contributed by atoms with Gasteiger partial charge in [0.25, 0.3) is 0 Å². The summed E-state index contributed by atoms with van der Waals surface area (Å²) in [5, 5.41) is 0. The second-order valence-electron chi connectivity index (χ2n) is 3.35. The van der Waals surface area contributed by atoms with Gasteiger partial charge < -0.3 is 0 Å². The third-order valence-electron chi connectivity index (χ3n) is 1.83. The van der Waals surface area contributed by atoms with E-state index in [0.29, 0.717) is 0 Å². The second kappa shape index (κ2) is 5.16. The lowest BCUT2D eigenvalue weighted by molar-refractivity contribution is -0.0775. The molecule has 114 valence electrons. The lowest BCUT2D eigenvalue weighted by atomic mass is 10.2. The zero-order chi connectivity index (χ0) is 15.8. The molecule has 0 aliphatic heterocycles. The van der Waals surface area contributed by atoms with Crippen LogP contribution < -0.4 is 0 Å². The van der Waals surface area contributed by atoms with Crippen molar-refractivity contribution in [1.29, 1.82) is 0 Å². The molecule has 0 saturated heterocycles. The number of aromatic nitrogens is 1. The maximum atomic E-state index is 13.3. The summed E-state index contributed by atoms with van der Waals surface area (Å²) < 4.78 is 111. The first-order valence-corrected chi connectivity index (χ1v) is 5.93. The normalized spacial score (nSPS) is 13.6. The highest BCUT2D eigenvalue weighted by Crippen LogP contribution is 2.32. The SMILES string of the molecule is O=S(=O)(OCC(F)(F)c1ncc(F)cc1F)C(F)(F)F. The van der Waals surface area contributed by atoms with Crippen molar-refractivity contribution < 1.29 is 43.3 Å². The molecule has 0 radical (unpaired) electrons. The Kier molecular flexibility index (Phi) is 4.29. The Morgan fingerprint density at radius 1 is 1.15 bits per heavy atom. The predicted molar refractivity (Wildman–Crippen MR) is 49.0 cm³/mol. The van der Waals surface area contributed by atoms with E-state index in [2.05, 4.69) is 9.17 Å². The first kappa shape index (κ1) is 16.6. The first-order chi connectivity index (χ1) is 8.87. The molecule has 4 nitrogen and oxygen atoms in total. The number of halogens is 7. The highest BCUT2D eigenvalue weighted by molar-refractivity contribution is 7.87. The highest BCUT2D eigenvalue weighted by atomic mass is 32.2. The zero-order valence-corrected chi connectivity index (χ0v) is 9.90. The molecule has 0 aromatic carbocycles. The van der Waals surface area contributed by atoms with Crippen molar-refractivity contribution >= 4 is 10.1 Å². The summed E-state index contributed by atoms with van der Waals surface area (Å²) in [4.78, 5) is 2.66. The Labute approximate surface area is 107 Å². The van der Waals surface area contributed by atoms with E-state index in [1.165, 1.54) is 0 Å². The maximum Gasteiger partial charge on any atom is 0.523 e. The summed E-state index contributed by atoms with van der Waals surface area (Å²) in [5.74, 6) is -7.66. The molecule has 1 heterocycles. The van der Waals surface area contributed by atoms with Crippen LogP contribution in [0.5, 0.6) is 0 Å². The van der Waals surface area contributed by atoms with Crippen molar-refractivity contribution in [3.63, 3.8) is 0 Å². The Morgan fingerprint density at radius 2 is 1.70 bits per heavy atom. The summed E-state index contributed by atoms with van der Waals surface area (Å²) in [7, 11) is -6.26. The Bertz CT molecular complexity index is 599. The minimum atomic E-state index is -6.26. The van der Waals surface area contributed by atoms with E-state index >= 15 is 0 Å². The van der Waals surface area contributed by atoms with Gasteiger partial charge in [-0.1, -0.05) is 0 Å². The van der Waals surface area contributed by atoms with Crippen LogP contribution in [0.25, 0.3) is 0 Å². The van der Waals surface area contributed by atoms with E-state index in [4.69, 9.17) is 0 Å². The van der Waals surface area contributed by atoms with Crippen molar-refractivity contribution in [3.8, 4) is 0 Å². The summed E-state index contributed by atoms with van der Waals surface area (Å²) >= 11 is 0. The molecule has 0 aliphatic carbocycles. The van der Waals surface area contributed by atoms with Crippen LogP contribution in [-0.4, -0.2) is 25.5 Å². The Balaban J connectivity index is 2.96. The highest BCUT2D eigenvalue weighted by Gasteiger charge is 2.50. The molecule has 0 amide bonds. The van der Waals surface area contributed by atoms with Crippen LogP contribution >= 0.6 is 0 Å². The third-order valence-corrected chi connectivity index (χ3v) is 2.83. The van der Waals surface area contributed by atoms with Gasteiger partial charge in [-0.25, -0.2) is 13.8 Å². The monoisotopic (exact) mass is 327 g/mol.